The highest BCUT2D eigenvalue weighted by atomic mass is 16.6. The third-order valence-corrected chi connectivity index (χ3v) is 9.03. The molecule has 3 rings (SSSR count). The number of carbonyl (C=O) groups excluding carboxylic acids is 3. The van der Waals surface area contributed by atoms with Gasteiger partial charge in [0.05, 0.1) is 18.3 Å². The predicted octanol–water partition coefficient (Wildman–Crippen LogP) is 1.95. The minimum absolute atomic E-state index is 0.0936. The molecule has 1 aliphatic carbocycles. The largest absolute Gasteiger partial charge is 0.461 e. The van der Waals surface area contributed by atoms with E-state index in [9.17, 15) is 29.7 Å². The summed E-state index contributed by atoms with van der Waals surface area (Å²) in [7, 11) is 1.47. The van der Waals surface area contributed by atoms with Crippen LogP contribution >= 0.6 is 0 Å². The van der Waals surface area contributed by atoms with Gasteiger partial charge in [0.1, 0.15) is 18.2 Å². The standard InChI is InChI=1S/C28H47NO9/c1-6-20-12-10-17(3)28(35,38-20)25(32)26(33)29-14-8-7-9-21(29)27(34)37-18(4)16(2)15-19-11-13-22(30)24(36-5)23(19)31/h16-24,30-31,35H,6-15H2,1-5H3/t16-,17-,18+,19+,20?,21+,22-,23+,24+,28-/m1/s1. The fraction of sp³-hybridized carbons (Fsp3) is 0.893. The minimum atomic E-state index is -2.20. The molecule has 10 heteroatoms. The Hall–Kier alpha value is -1.59. The summed E-state index contributed by atoms with van der Waals surface area (Å²) in [5.74, 6) is -5.43. The summed E-state index contributed by atoms with van der Waals surface area (Å²) >= 11 is 0. The third-order valence-electron chi connectivity index (χ3n) is 9.03. The number of nitrogens with zero attached hydrogens (tertiary/aromatic N) is 1. The van der Waals surface area contributed by atoms with Crippen LogP contribution < -0.4 is 0 Å². The van der Waals surface area contributed by atoms with E-state index >= 15 is 0 Å². The number of aliphatic hydroxyl groups is 3. The Labute approximate surface area is 226 Å². The number of ether oxygens (including phenoxy) is 3. The molecule has 0 aromatic carbocycles. The lowest BCUT2D eigenvalue weighted by molar-refractivity contribution is -0.263. The van der Waals surface area contributed by atoms with Gasteiger partial charge in [0, 0.05) is 19.6 Å². The Morgan fingerprint density at radius 1 is 1.08 bits per heavy atom. The first-order valence-electron chi connectivity index (χ1n) is 14.3. The maximum absolute atomic E-state index is 13.3. The van der Waals surface area contributed by atoms with Gasteiger partial charge in [0.15, 0.2) is 0 Å². The summed E-state index contributed by atoms with van der Waals surface area (Å²) in [4.78, 5) is 41.1. The summed E-state index contributed by atoms with van der Waals surface area (Å²) in [6.07, 6.45) is 2.42. The minimum Gasteiger partial charge on any atom is -0.461 e. The second-order valence-electron chi connectivity index (χ2n) is 11.6. The number of methoxy groups -OCH3 is 1. The van der Waals surface area contributed by atoms with Crippen LogP contribution in [-0.2, 0) is 28.6 Å². The van der Waals surface area contributed by atoms with Crippen LogP contribution in [0.1, 0.15) is 85.5 Å². The molecular weight excluding hydrogens is 494 g/mol. The maximum Gasteiger partial charge on any atom is 0.329 e. The SMILES string of the molecule is CCC1CC[C@@H](C)[C@](O)(C(=O)C(=O)N2CCCC[C@H]2C(=O)O[C@@H](C)[C@H](C)C[C@@H]2CC[C@@H](O)[C@H](OC)[C@H]2O)O1. The molecule has 0 spiro atoms. The van der Waals surface area contributed by atoms with Crippen LogP contribution in [0.25, 0.3) is 0 Å². The van der Waals surface area contributed by atoms with E-state index in [0.29, 0.717) is 57.8 Å². The van der Waals surface area contributed by atoms with Crippen LogP contribution in [0.3, 0.4) is 0 Å². The van der Waals surface area contributed by atoms with Crippen molar-refractivity contribution in [3.63, 3.8) is 0 Å². The van der Waals surface area contributed by atoms with Gasteiger partial charge in [-0.3, -0.25) is 9.59 Å². The Morgan fingerprint density at radius 3 is 2.45 bits per heavy atom. The molecule has 2 saturated heterocycles. The molecule has 0 radical (unpaired) electrons. The van der Waals surface area contributed by atoms with E-state index in [4.69, 9.17) is 14.2 Å². The predicted molar refractivity (Wildman–Crippen MR) is 138 cm³/mol. The molecule has 3 aliphatic rings. The quantitative estimate of drug-likeness (QED) is 0.295. The van der Waals surface area contributed by atoms with Gasteiger partial charge in [-0.15, -0.1) is 0 Å². The van der Waals surface area contributed by atoms with Crippen molar-refractivity contribution >= 4 is 17.7 Å². The summed E-state index contributed by atoms with van der Waals surface area (Å²) < 4.78 is 16.8. The van der Waals surface area contributed by atoms with Gasteiger partial charge in [-0.05, 0) is 76.5 Å². The van der Waals surface area contributed by atoms with E-state index in [-0.39, 0.29) is 24.5 Å². The summed E-state index contributed by atoms with van der Waals surface area (Å²) in [6.45, 7) is 7.55. The smallest absolute Gasteiger partial charge is 0.329 e. The number of aliphatic hydroxyl groups excluding tert-OH is 2. The molecule has 1 saturated carbocycles. The lowest BCUT2D eigenvalue weighted by Crippen LogP contribution is -2.60. The highest BCUT2D eigenvalue weighted by Crippen LogP contribution is 2.36. The van der Waals surface area contributed by atoms with Crippen molar-refractivity contribution in [1.29, 1.82) is 0 Å². The molecule has 218 valence electrons. The summed E-state index contributed by atoms with van der Waals surface area (Å²) in [5, 5.41) is 31.8. The zero-order chi connectivity index (χ0) is 28.2. The monoisotopic (exact) mass is 541 g/mol. The Morgan fingerprint density at radius 2 is 1.79 bits per heavy atom. The van der Waals surface area contributed by atoms with E-state index in [1.165, 1.54) is 12.0 Å². The lowest BCUT2D eigenvalue weighted by atomic mass is 9.77. The Kier molecular flexibility index (Phi) is 10.7. The van der Waals surface area contributed by atoms with Crippen molar-refractivity contribution in [3.05, 3.63) is 0 Å². The molecule has 10 nitrogen and oxygen atoms in total. The number of likely N-dealkylation sites (tertiary alicyclic amines) is 1. The number of piperidine rings is 1. The van der Waals surface area contributed by atoms with Gasteiger partial charge in [-0.25, -0.2) is 4.79 Å². The number of Topliss-reactive ketones (excluding diaryl/α,β-unsaturated/α-hetero) is 1. The molecule has 1 unspecified atom stereocenters. The van der Waals surface area contributed by atoms with E-state index in [1.54, 1.807) is 13.8 Å². The van der Waals surface area contributed by atoms with Crippen molar-refractivity contribution < 1.29 is 43.9 Å². The first-order chi connectivity index (χ1) is 17.9. The van der Waals surface area contributed by atoms with Crippen molar-refractivity contribution in [2.45, 2.75) is 128 Å². The number of rotatable bonds is 9. The highest BCUT2D eigenvalue weighted by Gasteiger charge is 2.52. The van der Waals surface area contributed by atoms with Crippen LogP contribution in [-0.4, -0.2) is 93.9 Å². The maximum atomic E-state index is 13.3. The van der Waals surface area contributed by atoms with Crippen molar-refractivity contribution in [3.8, 4) is 0 Å². The summed E-state index contributed by atoms with van der Waals surface area (Å²) in [6, 6.07) is -0.910. The molecule has 1 amide bonds. The molecule has 3 fully saturated rings. The summed E-state index contributed by atoms with van der Waals surface area (Å²) in [5.41, 5.74) is 0. The van der Waals surface area contributed by atoms with Crippen LogP contribution in [0.2, 0.25) is 0 Å². The topological polar surface area (TPSA) is 143 Å². The van der Waals surface area contributed by atoms with Crippen LogP contribution in [0.15, 0.2) is 0 Å². The fourth-order valence-electron chi connectivity index (χ4n) is 6.15. The van der Waals surface area contributed by atoms with Crippen LogP contribution in [0.5, 0.6) is 0 Å². The van der Waals surface area contributed by atoms with Crippen LogP contribution in [0, 0.1) is 17.8 Å². The zero-order valence-electron chi connectivity index (χ0n) is 23.5. The molecular formula is C28H47NO9. The average molecular weight is 542 g/mol. The van der Waals surface area contributed by atoms with Gasteiger partial charge in [-0.1, -0.05) is 20.8 Å². The van der Waals surface area contributed by atoms with E-state index in [1.807, 2.05) is 13.8 Å². The average Bonchev–Trinajstić information content (AvgIpc) is 2.91. The molecule has 2 aliphatic heterocycles. The second-order valence-corrected chi connectivity index (χ2v) is 11.6. The Bertz CT molecular complexity index is 837. The van der Waals surface area contributed by atoms with Gasteiger partial charge in [0.25, 0.3) is 11.7 Å². The molecule has 0 aromatic heterocycles. The number of esters is 1. The molecule has 3 N–H and O–H groups in total. The number of hydrogen-bond donors (Lipinski definition) is 3. The van der Waals surface area contributed by atoms with Gasteiger partial charge >= 0.3 is 5.97 Å². The van der Waals surface area contributed by atoms with E-state index in [2.05, 4.69) is 0 Å². The van der Waals surface area contributed by atoms with Gasteiger partial charge < -0.3 is 34.4 Å². The molecule has 10 atom stereocenters. The van der Waals surface area contributed by atoms with Crippen molar-refractivity contribution in [1.82, 2.24) is 4.90 Å². The highest BCUT2D eigenvalue weighted by molar-refractivity contribution is 6.39. The number of ketones is 1. The zero-order valence-corrected chi connectivity index (χ0v) is 23.5. The molecule has 38 heavy (non-hydrogen) atoms. The molecule has 2 heterocycles. The first-order valence-corrected chi connectivity index (χ1v) is 14.3. The second kappa shape index (κ2) is 13.2. The number of amides is 1. The first kappa shape index (κ1) is 30.9. The number of hydrogen-bond acceptors (Lipinski definition) is 9. The normalized spacial score (nSPS) is 37.8. The van der Waals surface area contributed by atoms with E-state index < -0.39 is 59.8 Å². The van der Waals surface area contributed by atoms with Crippen LogP contribution in [0.4, 0.5) is 0 Å². The van der Waals surface area contributed by atoms with E-state index in [0.717, 1.165) is 0 Å². The van der Waals surface area contributed by atoms with Crippen molar-refractivity contribution in [2.75, 3.05) is 13.7 Å². The van der Waals surface area contributed by atoms with Gasteiger partial charge in [0.2, 0.25) is 5.79 Å². The third kappa shape index (κ3) is 6.58. The van der Waals surface area contributed by atoms with Gasteiger partial charge in [-0.2, -0.15) is 0 Å². The van der Waals surface area contributed by atoms with Crippen molar-refractivity contribution in [2.24, 2.45) is 17.8 Å². The lowest BCUT2D eigenvalue weighted by Gasteiger charge is -2.42. The Balaban J connectivity index is 1.63. The molecule has 0 bridgehead atoms. The number of carbonyl (C=O) groups is 3. The fourth-order valence-corrected chi connectivity index (χ4v) is 6.15. The molecule has 0 aromatic rings.